The molecule has 0 unspecified atom stereocenters. The molecule has 0 saturated heterocycles. The second-order valence-corrected chi connectivity index (χ2v) is 6.22. The molecule has 4 rings (SSSR count). The summed E-state index contributed by atoms with van der Waals surface area (Å²) in [7, 11) is 0. The van der Waals surface area contributed by atoms with Gasteiger partial charge in [0.05, 0.1) is 12.1 Å². The predicted octanol–water partition coefficient (Wildman–Crippen LogP) is 3.05. The topological polar surface area (TPSA) is 58.6 Å². The molecule has 0 aromatic heterocycles. The first-order valence-electron chi connectivity index (χ1n) is 8.03. The Labute approximate surface area is 135 Å². The predicted molar refractivity (Wildman–Crippen MR) is 87.2 cm³/mol. The second-order valence-electron chi connectivity index (χ2n) is 6.22. The van der Waals surface area contributed by atoms with Crippen LogP contribution in [0.5, 0.6) is 0 Å². The van der Waals surface area contributed by atoms with Gasteiger partial charge < -0.3 is 15.2 Å². The molecule has 4 nitrogen and oxygen atoms in total. The first kappa shape index (κ1) is 14.3. The third-order valence-corrected chi connectivity index (χ3v) is 4.88. The van der Waals surface area contributed by atoms with Crippen molar-refractivity contribution in [2.75, 3.05) is 6.61 Å². The number of alkyl carbamates (subject to hydrolysis) is 1. The van der Waals surface area contributed by atoms with Gasteiger partial charge in [-0.15, -0.1) is 0 Å². The van der Waals surface area contributed by atoms with Crippen molar-refractivity contribution in [2.45, 2.75) is 30.9 Å². The van der Waals surface area contributed by atoms with E-state index in [0.717, 1.165) is 12.8 Å². The number of hydrogen-bond donors (Lipinski definition) is 2. The number of fused-ring (bicyclic) bond motifs is 3. The normalized spacial score (nSPS) is 22.0. The number of carbonyl (C=O) groups is 1. The lowest BCUT2D eigenvalue weighted by Gasteiger charge is -2.32. The van der Waals surface area contributed by atoms with E-state index in [1.807, 2.05) is 24.3 Å². The van der Waals surface area contributed by atoms with Crippen LogP contribution >= 0.6 is 0 Å². The van der Waals surface area contributed by atoms with Crippen molar-refractivity contribution in [1.29, 1.82) is 0 Å². The summed E-state index contributed by atoms with van der Waals surface area (Å²) in [5.74, 6) is 0.0689. The average molecular weight is 309 g/mol. The Morgan fingerprint density at radius 2 is 1.65 bits per heavy atom. The highest BCUT2D eigenvalue weighted by atomic mass is 16.5. The maximum atomic E-state index is 11.9. The molecule has 1 fully saturated rings. The minimum absolute atomic E-state index is 0.0689. The summed E-state index contributed by atoms with van der Waals surface area (Å²) in [6.07, 6.45) is 0.672. The summed E-state index contributed by atoms with van der Waals surface area (Å²) in [6, 6.07) is 16.3. The van der Waals surface area contributed by atoms with Crippen molar-refractivity contribution < 1.29 is 14.6 Å². The molecule has 0 radical (unpaired) electrons. The van der Waals surface area contributed by atoms with E-state index < -0.39 is 12.2 Å². The number of nitrogens with one attached hydrogen (secondary N) is 1. The van der Waals surface area contributed by atoms with Crippen LogP contribution < -0.4 is 5.32 Å². The molecule has 4 heteroatoms. The fourth-order valence-electron chi connectivity index (χ4n) is 3.44. The quantitative estimate of drug-likeness (QED) is 0.916. The average Bonchev–Trinajstić information content (AvgIpc) is 2.91. The monoisotopic (exact) mass is 309 g/mol. The Morgan fingerprint density at radius 1 is 1.04 bits per heavy atom. The molecule has 0 bridgehead atoms. The first-order valence-corrected chi connectivity index (χ1v) is 8.03. The summed E-state index contributed by atoms with van der Waals surface area (Å²) < 4.78 is 5.43. The number of benzene rings is 2. The number of aliphatic hydroxyl groups excluding tert-OH is 1. The first-order chi connectivity index (χ1) is 11.2. The zero-order chi connectivity index (χ0) is 15.8. The van der Waals surface area contributed by atoms with Crippen LogP contribution in [-0.4, -0.2) is 30.0 Å². The molecule has 1 saturated carbocycles. The van der Waals surface area contributed by atoms with E-state index in [2.05, 4.69) is 29.6 Å². The molecule has 0 aliphatic heterocycles. The van der Waals surface area contributed by atoms with Gasteiger partial charge in [-0.1, -0.05) is 48.5 Å². The molecule has 2 aliphatic carbocycles. The van der Waals surface area contributed by atoms with Gasteiger partial charge in [0.2, 0.25) is 0 Å². The van der Waals surface area contributed by atoms with Gasteiger partial charge in [-0.2, -0.15) is 0 Å². The summed E-state index contributed by atoms with van der Waals surface area (Å²) in [5.41, 5.74) is 4.83. The van der Waals surface area contributed by atoms with Gasteiger partial charge in [-0.05, 0) is 35.1 Å². The van der Waals surface area contributed by atoms with E-state index in [-0.39, 0.29) is 12.0 Å². The summed E-state index contributed by atoms with van der Waals surface area (Å²) in [6.45, 7) is 0.308. The molecule has 118 valence electrons. The molecule has 1 amide bonds. The number of hydrogen-bond acceptors (Lipinski definition) is 3. The lowest BCUT2D eigenvalue weighted by Crippen LogP contribution is -2.50. The van der Waals surface area contributed by atoms with Crippen LogP contribution in [0.25, 0.3) is 11.1 Å². The molecular weight excluding hydrogens is 290 g/mol. The molecular formula is C19H19NO3. The number of ether oxygens (including phenoxy) is 1. The highest BCUT2D eigenvalue weighted by Gasteiger charge is 2.32. The SMILES string of the molecule is O=C(N[C@@H]1CC[C@H]1O)OCC1c2ccccc2-c2ccccc21. The van der Waals surface area contributed by atoms with Gasteiger partial charge in [0.25, 0.3) is 0 Å². The fraction of sp³-hybridized carbons (Fsp3) is 0.316. The van der Waals surface area contributed by atoms with Crippen molar-refractivity contribution >= 4 is 6.09 Å². The highest BCUT2D eigenvalue weighted by molar-refractivity contribution is 5.79. The van der Waals surface area contributed by atoms with Crippen LogP contribution in [0.15, 0.2) is 48.5 Å². The van der Waals surface area contributed by atoms with Crippen LogP contribution in [0.1, 0.15) is 29.9 Å². The summed E-state index contributed by atoms with van der Waals surface area (Å²) >= 11 is 0. The largest absolute Gasteiger partial charge is 0.449 e. The lowest BCUT2D eigenvalue weighted by molar-refractivity contribution is 0.0447. The number of aliphatic hydroxyl groups is 1. The number of carbonyl (C=O) groups excluding carboxylic acids is 1. The van der Waals surface area contributed by atoms with E-state index in [1.165, 1.54) is 22.3 Å². The van der Waals surface area contributed by atoms with Crippen molar-refractivity contribution in [1.82, 2.24) is 5.32 Å². The van der Waals surface area contributed by atoms with Gasteiger partial charge in [0.15, 0.2) is 0 Å². The lowest BCUT2D eigenvalue weighted by atomic mass is 9.89. The Hall–Kier alpha value is -2.33. The molecule has 0 spiro atoms. The van der Waals surface area contributed by atoms with E-state index in [1.54, 1.807) is 0 Å². The Balaban J connectivity index is 1.49. The van der Waals surface area contributed by atoms with E-state index in [0.29, 0.717) is 6.61 Å². The Bertz CT molecular complexity index is 697. The van der Waals surface area contributed by atoms with Crippen LogP contribution in [0, 0.1) is 0 Å². The van der Waals surface area contributed by atoms with Crippen LogP contribution in [0.3, 0.4) is 0 Å². The smallest absolute Gasteiger partial charge is 0.407 e. The zero-order valence-corrected chi connectivity index (χ0v) is 12.7. The highest BCUT2D eigenvalue weighted by Crippen LogP contribution is 2.44. The molecule has 0 heterocycles. The van der Waals surface area contributed by atoms with Gasteiger partial charge in [0.1, 0.15) is 6.61 Å². The number of amides is 1. The molecule has 2 aromatic carbocycles. The summed E-state index contributed by atoms with van der Waals surface area (Å²) in [4.78, 5) is 11.9. The van der Waals surface area contributed by atoms with Crippen molar-refractivity contribution in [2.24, 2.45) is 0 Å². The van der Waals surface area contributed by atoms with Crippen molar-refractivity contribution in [3.05, 3.63) is 59.7 Å². The van der Waals surface area contributed by atoms with Gasteiger partial charge in [0, 0.05) is 5.92 Å². The van der Waals surface area contributed by atoms with Crippen LogP contribution in [0.2, 0.25) is 0 Å². The van der Waals surface area contributed by atoms with Gasteiger partial charge >= 0.3 is 6.09 Å². The van der Waals surface area contributed by atoms with E-state index >= 15 is 0 Å². The number of rotatable bonds is 3. The third kappa shape index (κ3) is 2.49. The van der Waals surface area contributed by atoms with Crippen molar-refractivity contribution in [3.8, 4) is 11.1 Å². The van der Waals surface area contributed by atoms with Crippen molar-refractivity contribution in [3.63, 3.8) is 0 Å². The van der Waals surface area contributed by atoms with E-state index in [4.69, 9.17) is 4.74 Å². The molecule has 2 N–H and O–H groups in total. The fourth-order valence-corrected chi connectivity index (χ4v) is 3.44. The molecule has 2 aliphatic rings. The third-order valence-electron chi connectivity index (χ3n) is 4.88. The van der Waals surface area contributed by atoms with Gasteiger partial charge in [-0.3, -0.25) is 0 Å². The zero-order valence-electron chi connectivity index (χ0n) is 12.7. The minimum Gasteiger partial charge on any atom is -0.449 e. The Kier molecular flexibility index (Phi) is 3.54. The molecule has 2 aromatic rings. The van der Waals surface area contributed by atoms with Crippen LogP contribution in [-0.2, 0) is 4.74 Å². The van der Waals surface area contributed by atoms with Crippen LogP contribution in [0.4, 0.5) is 4.79 Å². The molecule has 23 heavy (non-hydrogen) atoms. The van der Waals surface area contributed by atoms with Gasteiger partial charge in [-0.25, -0.2) is 4.79 Å². The maximum Gasteiger partial charge on any atom is 0.407 e. The summed E-state index contributed by atoms with van der Waals surface area (Å²) in [5, 5.41) is 12.3. The Morgan fingerprint density at radius 3 is 2.17 bits per heavy atom. The standard InChI is InChI=1S/C19H19NO3/c21-18-10-9-17(18)20-19(22)23-11-16-14-7-3-1-5-12(14)13-6-2-4-8-15(13)16/h1-8,16-18,21H,9-11H2,(H,20,22)/t17-,18-/m1/s1. The van der Waals surface area contributed by atoms with E-state index in [9.17, 15) is 9.90 Å². The minimum atomic E-state index is -0.449. The second kappa shape index (κ2) is 5.70. The maximum absolute atomic E-state index is 11.9. The molecule has 2 atom stereocenters.